The lowest BCUT2D eigenvalue weighted by Gasteiger charge is -2.26. The SMILES string of the molecule is OC(COc1ccc(C(F)(F)F)cc1)CN(CC1=CN=CC1)Cc1ccccc1Cl. The molecule has 1 aliphatic rings. The molecule has 8 heteroatoms. The summed E-state index contributed by atoms with van der Waals surface area (Å²) in [7, 11) is 0. The fourth-order valence-corrected chi connectivity index (χ4v) is 3.30. The minimum atomic E-state index is -4.39. The van der Waals surface area contributed by atoms with Gasteiger partial charge in [-0.3, -0.25) is 9.89 Å². The molecule has 1 unspecified atom stereocenters. The van der Waals surface area contributed by atoms with Gasteiger partial charge in [0.15, 0.2) is 0 Å². The number of hydrogen-bond acceptors (Lipinski definition) is 4. The lowest BCUT2D eigenvalue weighted by molar-refractivity contribution is -0.137. The molecule has 1 aliphatic heterocycles. The first kappa shape index (κ1) is 22.3. The van der Waals surface area contributed by atoms with Gasteiger partial charge in [-0.15, -0.1) is 0 Å². The number of hydrogen-bond donors (Lipinski definition) is 1. The molecule has 160 valence electrons. The molecule has 0 bridgehead atoms. The second-order valence-corrected chi connectivity index (χ2v) is 7.48. The predicted molar refractivity (Wildman–Crippen MR) is 111 cm³/mol. The maximum absolute atomic E-state index is 12.6. The second-order valence-electron chi connectivity index (χ2n) is 7.07. The van der Waals surface area contributed by atoms with Crippen LogP contribution in [-0.4, -0.2) is 42.0 Å². The Morgan fingerprint density at radius 2 is 1.83 bits per heavy atom. The maximum Gasteiger partial charge on any atom is 0.416 e. The molecule has 2 aromatic carbocycles. The van der Waals surface area contributed by atoms with E-state index in [0.29, 0.717) is 24.7 Å². The van der Waals surface area contributed by atoms with E-state index < -0.39 is 17.8 Å². The quantitative estimate of drug-likeness (QED) is 0.602. The van der Waals surface area contributed by atoms with E-state index in [9.17, 15) is 18.3 Å². The Kier molecular flexibility index (Phi) is 7.53. The van der Waals surface area contributed by atoms with Crippen molar-refractivity contribution in [3.05, 3.63) is 76.5 Å². The molecule has 0 saturated carbocycles. The summed E-state index contributed by atoms with van der Waals surface area (Å²) < 4.78 is 43.4. The monoisotopic (exact) mass is 438 g/mol. The Hall–Kier alpha value is -2.35. The van der Waals surface area contributed by atoms with E-state index in [1.165, 1.54) is 12.1 Å². The van der Waals surface area contributed by atoms with Crippen LogP contribution in [0.25, 0.3) is 0 Å². The van der Waals surface area contributed by atoms with Gasteiger partial charge in [0.05, 0.1) is 5.56 Å². The molecule has 2 aromatic rings. The van der Waals surface area contributed by atoms with Crippen LogP contribution in [-0.2, 0) is 12.7 Å². The van der Waals surface area contributed by atoms with E-state index in [4.69, 9.17) is 16.3 Å². The average molecular weight is 439 g/mol. The van der Waals surface area contributed by atoms with Crippen LogP contribution in [0.3, 0.4) is 0 Å². The van der Waals surface area contributed by atoms with E-state index in [-0.39, 0.29) is 12.4 Å². The number of aliphatic imine (C=N–C) groups is 1. The van der Waals surface area contributed by atoms with Gasteiger partial charge in [-0.05, 0) is 41.5 Å². The zero-order valence-electron chi connectivity index (χ0n) is 16.1. The van der Waals surface area contributed by atoms with Crippen LogP contribution in [0.4, 0.5) is 13.2 Å². The average Bonchev–Trinajstić information content (AvgIpc) is 3.21. The molecule has 1 heterocycles. The molecule has 1 N–H and O–H groups in total. The molecule has 3 rings (SSSR count). The zero-order chi connectivity index (χ0) is 21.6. The van der Waals surface area contributed by atoms with E-state index in [2.05, 4.69) is 4.99 Å². The predicted octanol–water partition coefficient (Wildman–Crippen LogP) is 4.96. The Morgan fingerprint density at radius 1 is 1.10 bits per heavy atom. The minimum absolute atomic E-state index is 0.0417. The van der Waals surface area contributed by atoms with Gasteiger partial charge in [-0.2, -0.15) is 13.2 Å². The normalized spacial score (nSPS) is 14.8. The lowest BCUT2D eigenvalue weighted by Crippen LogP contribution is -2.36. The second kappa shape index (κ2) is 10.1. The summed E-state index contributed by atoms with van der Waals surface area (Å²) in [6, 6.07) is 11.9. The molecule has 0 aliphatic carbocycles. The standard InChI is InChI=1S/C22H22ClF3N2O2/c23-21-4-2-1-3-17(21)13-28(12-16-9-10-27-11-16)14-19(29)15-30-20-7-5-18(6-8-20)22(24,25)26/h1-8,10-11,19,29H,9,12-15H2. The molecule has 30 heavy (non-hydrogen) atoms. The topological polar surface area (TPSA) is 45.1 Å². The number of ether oxygens (including phenoxy) is 1. The molecule has 1 atom stereocenters. The summed E-state index contributed by atoms with van der Waals surface area (Å²) in [4.78, 5) is 6.16. The maximum atomic E-state index is 12.6. The molecule has 0 aromatic heterocycles. The van der Waals surface area contributed by atoms with E-state index >= 15 is 0 Å². The van der Waals surface area contributed by atoms with Crippen LogP contribution in [0, 0.1) is 0 Å². The van der Waals surface area contributed by atoms with Gasteiger partial charge in [0.1, 0.15) is 18.5 Å². The first-order chi connectivity index (χ1) is 14.3. The number of benzene rings is 2. The highest BCUT2D eigenvalue weighted by atomic mass is 35.5. The third kappa shape index (κ3) is 6.58. The third-order valence-electron chi connectivity index (χ3n) is 4.59. The Morgan fingerprint density at radius 3 is 2.47 bits per heavy atom. The van der Waals surface area contributed by atoms with Crippen molar-refractivity contribution >= 4 is 17.8 Å². The van der Waals surface area contributed by atoms with Crippen LogP contribution in [0.1, 0.15) is 17.5 Å². The smallest absolute Gasteiger partial charge is 0.416 e. The van der Waals surface area contributed by atoms with Gasteiger partial charge >= 0.3 is 6.18 Å². The molecule has 0 radical (unpaired) electrons. The van der Waals surface area contributed by atoms with Crippen LogP contribution < -0.4 is 4.74 Å². The van der Waals surface area contributed by atoms with Crippen LogP contribution in [0.2, 0.25) is 5.02 Å². The van der Waals surface area contributed by atoms with Gasteiger partial charge < -0.3 is 9.84 Å². The Bertz CT molecular complexity index is 898. The Balaban J connectivity index is 1.58. The first-order valence-electron chi connectivity index (χ1n) is 9.44. The van der Waals surface area contributed by atoms with Gasteiger partial charge in [0, 0.05) is 43.5 Å². The number of alkyl halides is 3. The van der Waals surface area contributed by atoms with Crippen molar-refractivity contribution in [1.29, 1.82) is 0 Å². The van der Waals surface area contributed by atoms with Crippen molar-refractivity contribution in [1.82, 2.24) is 4.90 Å². The highest BCUT2D eigenvalue weighted by Crippen LogP contribution is 2.30. The zero-order valence-corrected chi connectivity index (χ0v) is 16.9. The summed E-state index contributed by atoms with van der Waals surface area (Å²) in [6.45, 7) is 1.42. The summed E-state index contributed by atoms with van der Waals surface area (Å²) in [5.74, 6) is 0.270. The van der Waals surface area contributed by atoms with Gasteiger partial charge in [0.2, 0.25) is 0 Å². The number of halogens is 4. The van der Waals surface area contributed by atoms with Crippen molar-refractivity contribution < 1.29 is 23.0 Å². The van der Waals surface area contributed by atoms with Crippen molar-refractivity contribution in [2.45, 2.75) is 25.2 Å². The Labute approximate surface area is 178 Å². The fraction of sp³-hybridized carbons (Fsp3) is 0.318. The lowest BCUT2D eigenvalue weighted by atomic mass is 10.1. The van der Waals surface area contributed by atoms with E-state index in [1.807, 2.05) is 41.6 Å². The van der Waals surface area contributed by atoms with Crippen molar-refractivity contribution in [2.75, 3.05) is 19.7 Å². The summed E-state index contributed by atoms with van der Waals surface area (Å²) >= 11 is 6.27. The van der Waals surface area contributed by atoms with Crippen LogP contribution >= 0.6 is 11.6 Å². The third-order valence-corrected chi connectivity index (χ3v) is 4.96. The fourth-order valence-electron chi connectivity index (χ4n) is 3.11. The van der Waals surface area contributed by atoms with Gasteiger partial charge in [-0.25, -0.2) is 0 Å². The number of aliphatic hydroxyl groups excluding tert-OH is 1. The number of rotatable bonds is 9. The minimum Gasteiger partial charge on any atom is -0.491 e. The molecule has 4 nitrogen and oxygen atoms in total. The van der Waals surface area contributed by atoms with Crippen LogP contribution in [0.5, 0.6) is 5.75 Å². The summed E-state index contributed by atoms with van der Waals surface area (Å²) in [5.41, 5.74) is 1.32. The summed E-state index contributed by atoms with van der Waals surface area (Å²) in [6.07, 6.45) is -0.831. The van der Waals surface area contributed by atoms with Crippen molar-refractivity contribution in [2.24, 2.45) is 4.99 Å². The molecule has 0 saturated heterocycles. The van der Waals surface area contributed by atoms with Crippen molar-refractivity contribution in [3.8, 4) is 5.75 Å². The van der Waals surface area contributed by atoms with Crippen LogP contribution in [0.15, 0.2) is 65.3 Å². The van der Waals surface area contributed by atoms with Crippen molar-refractivity contribution in [3.63, 3.8) is 0 Å². The number of aliphatic hydroxyl groups is 1. The van der Waals surface area contributed by atoms with Gasteiger partial charge in [0.25, 0.3) is 0 Å². The highest BCUT2D eigenvalue weighted by Gasteiger charge is 2.30. The first-order valence-corrected chi connectivity index (χ1v) is 9.82. The molecular weight excluding hydrogens is 417 g/mol. The highest BCUT2D eigenvalue weighted by molar-refractivity contribution is 6.31. The number of nitrogens with zero attached hydrogens (tertiary/aromatic N) is 2. The van der Waals surface area contributed by atoms with E-state index in [1.54, 1.807) is 0 Å². The molecule has 0 fully saturated rings. The largest absolute Gasteiger partial charge is 0.491 e. The molecular formula is C22H22ClF3N2O2. The van der Waals surface area contributed by atoms with E-state index in [0.717, 1.165) is 29.7 Å². The van der Waals surface area contributed by atoms with Gasteiger partial charge in [-0.1, -0.05) is 29.8 Å². The molecule has 0 amide bonds. The molecule has 0 spiro atoms. The summed E-state index contributed by atoms with van der Waals surface area (Å²) in [5, 5.41) is 11.1.